The zero-order chi connectivity index (χ0) is 21.8. The van der Waals surface area contributed by atoms with Crippen LogP contribution in [0.4, 0.5) is 8.78 Å². The van der Waals surface area contributed by atoms with Crippen LogP contribution in [-0.4, -0.2) is 43.2 Å². The average molecular weight is 424 g/mol. The van der Waals surface area contributed by atoms with Crippen LogP contribution < -0.4 is 4.74 Å². The van der Waals surface area contributed by atoms with E-state index in [0.29, 0.717) is 0 Å². The van der Waals surface area contributed by atoms with Gasteiger partial charge in [-0.25, -0.2) is 4.99 Å². The number of hydrogen-bond acceptors (Lipinski definition) is 4. The fraction of sp³-hybridized carbons (Fsp3) is 0.360. The van der Waals surface area contributed by atoms with Crippen molar-refractivity contribution >= 4 is 17.1 Å². The Morgan fingerprint density at radius 3 is 2.52 bits per heavy atom. The van der Waals surface area contributed by atoms with Gasteiger partial charge in [-0.05, 0) is 67.2 Å². The van der Waals surface area contributed by atoms with Crippen molar-refractivity contribution in [1.29, 1.82) is 0 Å². The Balaban J connectivity index is 1.80. The summed E-state index contributed by atoms with van der Waals surface area (Å²) in [6, 6.07) is 6.85. The van der Waals surface area contributed by atoms with E-state index in [1.807, 2.05) is 31.2 Å². The first kappa shape index (κ1) is 21.2. The molecule has 1 aromatic rings. The molecule has 0 N–H and O–H groups in total. The lowest BCUT2D eigenvalue weighted by Gasteiger charge is -2.36. The van der Waals surface area contributed by atoms with Gasteiger partial charge in [-0.3, -0.25) is 4.99 Å². The minimum atomic E-state index is -2.83. The first-order valence-electron chi connectivity index (χ1n) is 10.7. The molecule has 0 bridgehead atoms. The van der Waals surface area contributed by atoms with Crippen molar-refractivity contribution in [3.8, 4) is 5.75 Å². The van der Waals surface area contributed by atoms with Gasteiger partial charge in [-0.1, -0.05) is 24.3 Å². The lowest BCUT2D eigenvalue weighted by molar-refractivity contribution is -0.0498. The quantitative estimate of drug-likeness (QED) is 0.614. The zero-order valence-corrected chi connectivity index (χ0v) is 17.9. The number of hydrogen-bond donors (Lipinski definition) is 0. The van der Waals surface area contributed by atoms with E-state index in [9.17, 15) is 8.78 Å². The largest absolute Gasteiger partial charge is 0.435 e. The van der Waals surface area contributed by atoms with Gasteiger partial charge in [0.15, 0.2) is 0 Å². The number of likely N-dealkylation sites (tertiary alicyclic amines) is 1. The molecule has 0 radical (unpaired) electrons. The Labute approximate surface area is 182 Å². The van der Waals surface area contributed by atoms with E-state index in [-0.39, 0.29) is 5.75 Å². The molecular weight excluding hydrogens is 396 g/mol. The number of amidine groups is 1. The SMILES string of the molecule is C/C=C1C=C(/C(=C2\CCCC(N3CCC3)=N2)c2ccc(OC(F)F)cc2)C=CC/1=N/C. The summed E-state index contributed by atoms with van der Waals surface area (Å²) in [6.07, 6.45) is 12.4. The maximum Gasteiger partial charge on any atom is 0.387 e. The van der Waals surface area contributed by atoms with Gasteiger partial charge in [0.05, 0.1) is 11.4 Å². The standard InChI is InChI=1S/C25H27F2N3O/c1-3-17-16-19(10-13-21(17)28-2)24(18-8-11-20(12-9-18)31-25(26)27)22-6-4-7-23(29-22)30-14-5-15-30/h3,8-13,16,25H,4-7,14-15H2,1-2H3/b17-3-,24-22+,28-21-. The van der Waals surface area contributed by atoms with E-state index in [2.05, 4.69) is 26.8 Å². The molecule has 1 aromatic carbocycles. The topological polar surface area (TPSA) is 37.2 Å². The van der Waals surface area contributed by atoms with E-state index >= 15 is 0 Å². The van der Waals surface area contributed by atoms with Gasteiger partial charge in [-0.15, -0.1) is 0 Å². The number of rotatable bonds is 4. The molecule has 0 amide bonds. The molecule has 2 aliphatic heterocycles. The third-order valence-corrected chi connectivity index (χ3v) is 5.82. The fourth-order valence-electron chi connectivity index (χ4n) is 4.11. The van der Waals surface area contributed by atoms with Gasteiger partial charge in [0.1, 0.15) is 11.6 Å². The lowest BCUT2D eigenvalue weighted by Crippen LogP contribution is -2.42. The van der Waals surface area contributed by atoms with Crippen LogP contribution in [0.15, 0.2) is 75.4 Å². The second-order valence-corrected chi connectivity index (χ2v) is 7.73. The molecule has 0 aromatic heterocycles. The van der Waals surface area contributed by atoms with Crippen molar-refractivity contribution in [3.63, 3.8) is 0 Å². The molecule has 0 atom stereocenters. The molecule has 2 heterocycles. The van der Waals surface area contributed by atoms with Crippen LogP contribution in [0.5, 0.6) is 5.75 Å². The van der Waals surface area contributed by atoms with E-state index < -0.39 is 6.61 Å². The molecule has 6 heteroatoms. The number of alkyl halides is 2. The highest BCUT2D eigenvalue weighted by Gasteiger charge is 2.24. The summed E-state index contributed by atoms with van der Waals surface area (Å²) in [5.74, 6) is 1.31. The van der Waals surface area contributed by atoms with Crippen molar-refractivity contribution in [2.75, 3.05) is 20.1 Å². The molecule has 1 fully saturated rings. The summed E-state index contributed by atoms with van der Waals surface area (Å²) in [6.45, 7) is 1.31. The second-order valence-electron chi connectivity index (χ2n) is 7.73. The van der Waals surface area contributed by atoms with Crippen LogP contribution in [0.2, 0.25) is 0 Å². The number of ether oxygens (including phenoxy) is 1. The number of aliphatic imine (C=N–C) groups is 2. The fourth-order valence-corrected chi connectivity index (χ4v) is 4.11. The monoisotopic (exact) mass is 423 g/mol. The van der Waals surface area contributed by atoms with Gasteiger partial charge in [0.25, 0.3) is 0 Å². The Hall–Kier alpha value is -3.02. The van der Waals surface area contributed by atoms with Gasteiger partial charge in [0, 0.05) is 32.1 Å². The third-order valence-electron chi connectivity index (χ3n) is 5.82. The number of allylic oxidation sites excluding steroid dienone is 8. The van der Waals surface area contributed by atoms with E-state index in [0.717, 1.165) is 71.9 Å². The highest BCUT2D eigenvalue weighted by molar-refractivity contribution is 6.13. The van der Waals surface area contributed by atoms with Crippen LogP contribution >= 0.6 is 0 Å². The minimum absolute atomic E-state index is 0.152. The van der Waals surface area contributed by atoms with Crippen molar-refractivity contribution in [2.24, 2.45) is 9.98 Å². The summed E-state index contributed by atoms with van der Waals surface area (Å²) >= 11 is 0. The molecule has 1 aliphatic carbocycles. The van der Waals surface area contributed by atoms with E-state index in [1.165, 1.54) is 6.42 Å². The highest BCUT2D eigenvalue weighted by atomic mass is 19.3. The molecule has 0 spiro atoms. The molecule has 162 valence electrons. The highest BCUT2D eigenvalue weighted by Crippen LogP contribution is 2.36. The van der Waals surface area contributed by atoms with Gasteiger partial charge in [0.2, 0.25) is 0 Å². The van der Waals surface area contributed by atoms with Crippen LogP contribution in [-0.2, 0) is 0 Å². The zero-order valence-electron chi connectivity index (χ0n) is 17.9. The third kappa shape index (κ3) is 4.68. The first-order chi connectivity index (χ1) is 15.1. The molecule has 1 saturated heterocycles. The Bertz CT molecular complexity index is 1010. The Kier molecular flexibility index (Phi) is 6.44. The van der Waals surface area contributed by atoms with Crippen molar-refractivity contribution < 1.29 is 13.5 Å². The summed E-state index contributed by atoms with van der Waals surface area (Å²) < 4.78 is 29.7. The molecule has 4 nitrogen and oxygen atoms in total. The molecule has 0 unspecified atom stereocenters. The maximum absolute atomic E-state index is 12.6. The normalized spacial score (nSPS) is 23.1. The van der Waals surface area contributed by atoms with Crippen LogP contribution in [0.25, 0.3) is 5.57 Å². The molecule has 31 heavy (non-hydrogen) atoms. The molecule has 0 saturated carbocycles. The smallest absolute Gasteiger partial charge is 0.387 e. The number of nitrogens with zero attached hydrogens (tertiary/aromatic N) is 3. The van der Waals surface area contributed by atoms with E-state index in [4.69, 9.17) is 4.99 Å². The predicted molar refractivity (Wildman–Crippen MR) is 122 cm³/mol. The van der Waals surface area contributed by atoms with Gasteiger partial charge >= 0.3 is 6.61 Å². The first-order valence-corrected chi connectivity index (χ1v) is 10.7. The van der Waals surface area contributed by atoms with Crippen molar-refractivity contribution in [2.45, 2.75) is 39.2 Å². The summed E-state index contributed by atoms with van der Waals surface area (Å²) in [4.78, 5) is 11.8. The molecule has 4 rings (SSSR count). The van der Waals surface area contributed by atoms with E-state index in [1.54, 1.807) is 19.2 Å². The van der Waals surface area contributed by atoms with Crippen LogP contribution in [0.1, 0.15) is 38.2 Å². The second kappa shape index (κ2) is 9.41. The molecular formula is C25H27F2N3O. The summed E-state index contributed by atoms with van der Waals surface area (Å²) in [5, 5.41) is 0. The van der Waals surface area contributed by atoms with Crippen molar-refractivity contribution in [3.05, 3.63) is 71.0 Å². The van der Waals surface area contributed by atoms with Crippen LogP contribution in [0, 0.1) is 0 Å². The Morgan fingerprint density at radius 1 is 1.13 bits per heavy atom. The van der Waals surface area contributed by atoms with Crippen molar-refractivity contribution in [1.82, 2.24) is 4.90 Å². The molecule has 3 aliphatic rings. The number of halogens is 2. The predicted octanol–water partition coefficient (Wildman–Crippen LogP) is 5.80. The summed E-state index contributed by atoms with van der Waals surface area (Å²) in [5.41, 5.74) is 6.05. The lowest BCUT2D eigenvalue weighted by atomic mass is 9.88. The summed E-state index contributed by atoms with van der Waals surface area (Å²) in [7, 11) is 1.79. The van der Waals surface area contributed by atoms with Crippen LogP contribution in [0.3, 0.4) is 0 Å². The van der Waals surface area contributed by atoms with Gasteiger partial charge in [-0.2, -0.15) is 8.78 Å². The average Bonchev–Trinajstić information content (AvgIpc) is 2.74. The van der Waals surface area contributed by atoms with Gasteiger partial charge < -0.3 is 9.64 Å². The maximum atomic E-state index is 12.6. The Morgan fingerprint density at radius 2 is 1.90 bits per heavy atom. The minimum Gasteiger partial charge on any atom is -0.435 e. The number of benzene rings is 1.